The highest BCUT2D eigenvalue weighted by molar-refractivity contribution is 5.83. The fraction of sp³-hybridized carbons (Fsp3) is 0.727. The Bertz CT molecular complexity index is 227. The van der Waals surface area contributed by atoms with Crippen LogP contribution in [0.25, 0.3) is 0 Å². The van der Waals surface area contributed by atoms with E-state index in [9.17, 15) is 4.79 Å². The van der Waals surface area contributed by atoms with Crippen molar-refractivity contribution >= 4 is 5.78 Å². The van der Waals surface area contributed by atoms with Gasteiger partial charge in [0.15, 0.2) is 0 Å². The summed E-state index contributed by atoms with van der Waals surface area (Å²) in [7, 11) is 0. The van der Waals surface area contributed by atoms with E-state index in [2.05, 4.69) is 12.2 Å². The Balaban J connectivity index is 2.08. The lowest BCUT2D eigenvalue weighted by molar-refractivity contribution is -0.126. The molecule has 66 valence electrons. The van der Waals surface area contributed by atoms with Crippen LogP contribution in [-0.2, 0) is 4.79 Å². The lowest BCUT2D eigenvalue weighted by atomic mass is 9.85. The summed E-state index contributed by atoms with van der Waals surface area (Å²) in [4.78, 5) is 11.7. The Morgan fingerprint density at radius 2 is 2.08 bits per heavy atom. The Labute approximate surface area is 73.8 Å². The van der Waals surface area contributed by atoms with E-state index in [1.54, 1.807) is 0 Å². The summed E-state index contributed by atoms with van der Waals surface area (Å²) in [6.45, 7) is 4.02. The Morgan fingerprint density at radius 1 is 1.33 bits per heavy atom. The van der Waals surface area contributed by atoms with Crippen molar-refractivity contribution in [2.75, 3.05) is 0 Å². The maximum absolute atomic E-state index is 11.7. The predicted octanol–water partition coefficient (Wildman–Crippen LogP) is 2.42. The molecule has 0 N–H and O–H groups in total. The monoisotopic (exact) mass is 164 g/mol. The van der Waals surface area contributed by atoms with E-state index in [-0.39, 0.29) is 5.92 Å². The third kappa shape index (κ3) is 1.12. The lowest BCUT2D eigenvalue weighted by Gasteiger charge is -2.18. The molecule has 12 heavy (non-hydrogen) atoms. The van der Waals surface area contributed by atoms with Crippen LogP contribution >= 0.6 is 0 Å². The highest BCUT2D eigenvalue weighted by Gasteiger charge is 2.39. The minimum atomic E-state index is 0.225. The van der Waals surface area contributed by atoms with Gasteiger partial charge < -0.3 is 0 Å². The minimum Gasteiger partial charge on any atom is -0.299 e. The smallest absolute Gasteiger partial charge is 0.139 e. The number of rotatable bonds is 2. The molecule has 2 rings (SSSR count). The highest BCUT2D eigenvalue weighted by Crippen LogP contribution is 2.44. The summed E-state index contributed by atoms with van der Waals surface area (Å²) >= 11 is 0. The van der Waals surface area contributed by atoms with Gasteiger partial charge in [0.2, 0.25) is 0 Å². The SMILES string of the molecule is CC(C)C(=O)[C@@H]1C[C@@H]2C=C[C@H]1C2. The molecule has 0 saturated heterocycles. The van der Waals surface area contributed by atoms with Crippen molar-refractivity contribution in [3.05, 3.63) is 12.2 Å². The number of carbonyl (C=O) groups is 1. The van der Waals surface area contributed by atoms with Crippen LogP contribution in [0.5, 0.6) is 0 Å². The molecule has 1 heteroatoms. The number of ketones is 1. The van der Waals surface area contributed by atoms with Gasteiger partial charge in [0, 0.05) is 11.8 Å². The van der Waals surface area contributed by atoms with Gasteiger partial charge in [0.1, 0.15) is 5.78 Å². The zero-order valence-corrected chi connectivity index (χ0v) is 7.79. The van der Waals surface area contributed by atoms with Gasteiger partial charge in [-0.2, -0.15) is 0 Å². The number of allylic oxidation sites excluding steroid dienone is 2. The Kier molecular flexibility index (Phi) is 1.82. The third-order valence-corrected chi connectivity index (χ3v) is 3.21. The van der Waals surface area contributed by atoms with Crippen LogP contribution in [0.1, 0.15) is 26.7 Å². The van der Waals surface area contributed by atoms with Gasteiger partial charge in [-0.3, -0.25) is 4.79 Å². The summed E-state index contributed by atoms with van der Waals surface area (Å²) in [5, 5.41) is 0. The van der Waals surface area contributed by atoms with Crippen molar-refractivity contribution in [1.29, 1.82) is 0 Å². The van der Waals surface area contributed by atoms with Crippen LogP contribution in [-0.4, -0.2) is 5.78 Å². The van der Waals surface area contributed by atoms with Gasteiger partial charge in [0.05, 0.1) is 0 Å². The molecule has 1 nitrogen and oxygen atoms in total. The highest BCUT2D eigenvalue weighted by atomic mass is 16.1. The molecular formula is C11H16O. The van der Waals surface area contributed by atoms with Gasteiger partial charge in [-0.1, -0.05) is 26.0 Å². The lowest BCUT2D eigenvalue weighted by Crippen LogP contribution is -2.23. The van der Waals surface area contributed by atoms with Crippen molar-refractivity contribution in [1.82, 2.24) is 0 Å². The zero-order chi connectivity index (χ0) is 8.72. The average molecular weight is 164 g/mol. The van der Waals surface area contributed by atoms with E-state index in [1.807, 2.05) is 13.8 Å². The van der Waals surface area contributed by atoms with Crippen LogP contribution in [0.2, 0.25) is 0 Å². The third-order valence-electron chi connectivity index (χ3n) is 3.21. The first-order chi connectivity index (χ1) is 5.68. The first-order valence-corrected chi connectivity index (χ1v) is 4.90. The van der Waals surface area contributed by atoms with Gasteiger partial charge in [-0.05, 0) is 24.7 Å². The summed E-state index contributed by atoms with van der Waals surface area (Å²) in [5.41, 5.74) is 0. The van der Waals surface area contributed by atoms with Crippen molar-refractivity contribution in [2.45, 2.75) is 26.7 Å². The molecule has 0 heterocycles. The molecule has 2 aliphatic rings. The minimum absolute atomic E-state index is 0.225. The van der Waals surface area contributed by atoms with Crippen molar-refractivity contribution in [2.24, 2.45) is 23.7 Å². The molecular weight excluding hydrogens is 148 g/mol. The topological polar surface area (TPSA) is 17.1 Å². The van der Waals surface area contributed by atoms with Crippen LogP contribution in [0.15, 0.2) is 12.2 Å². The average Bonchev–Trinajstić information content (AvgIpc) is 2.62. The van der Waals surface area contributed by atoms with Crippen LogP contribution < -0.4 is 0 Å². The van der Waals surface area contributed by atoms with E-state index < -0.39 is 0 Å². The molecule has 1 fully saturated rings. The first-order valence-electron chi connectivity index (χ1n) is 4.90. The number of carbonyl (C=O) groups excluding carboxylic acids is 1. The van der Waals surface area contributed by atoms with Crippen LogP contribution in [0.3, 0.4) is 0 Å². The molecule has 0 unspecified atom stereocenters. The summed E-state index contributed by atoms with van der Waals surface area (Å²) < 4.78 is 0. The summed E-state index contributed by atoms with van der Waals surface area (Å²) in [6, 6.07) is 0. The van der Waals surface area contributed by atoms with Gasteiger partial charge in [-0.25, -0.2) is 0 Å². The summed E-state index contributed by atoms with van der Waals surface area (Å²) in [6.07, 6.45) is 6.90. The molecule has 0 radical (unpaired) electrons. The predicted molar refractivity (Wildman–Crippen MR) is 48.7 cm³/mol. The van der Waals surface area contributed by atoms with Crippen LogP contribution in [0.4, 0.5) is 0 Å². The number of Topliss-reactive ketones (excluding diaryl/α,β-unsaturated/α-hetero) is 1. The normalized spacial score (nSPS) is 38.1. The maximum atomic E-state index is 11.7. The fourth-order valence-corrected chi connectivity index (χ4v) is 2.54. The molecule has 0 amide bonds. The molecule has 0 aromatic carbocycles. The molecule has 0 aromatic heterocycles. The number of fused-ring (bicyclic) bond motifs is 2. The van der Waals surface area contributed by atoms with Crippen LogP contribution in [0, 0.1) is 23.7 Å². The second-order valence-corrected chi connectivity index (χ2v) is 4.44. The summed E-state index contributed by atoms with van der Waals surface area (Å²) in [5.74, 6) is 2.38. The zero-order valence-electron chi connectivity index (χ0n) is 7.79. The van der Waals surface area contributed by atoms with E-state index in [4.69, 9.17) is 0 Å². The Hall–Kier alpha value is -0.590. The second-order valence-electron chi connectivity index (χ2n) is 4.44. The maximum Gasteiger partial charge on any atom is 0.139 e. The van der Waals surface area contributed by atoms with E-state index in [1.165, 1.54) is 6.42 Å². The molecule has 0 aliphatic heterocycles. The quantitative estimate of drug-likeness (QED) is 0.573. The number of hydrogen-bond donors (Lipinski definition) is 0. The standard InChI is InChI=1S/C11H16O/c1-7(2)11(12)10-6-8-3-4-9(10)5-8/h3-4,7-10H,5-6H2,1-2H3/t8-,9+,10-/m1/s1. The van der Waals surface area contributed by atoms with Crippen molar-refractivity contribution in [3.8, 4) is 0 Å². The molecule has 1 saturated carbocycles. The van der Waals surface area contributed by atoms with E-state index in [0.29, 0.717) is 17.6 Å². The molecule has 2 bridgehead atoms. The fourth-order valence-electron chi connectivity index (χ4n) is 2.54. The first kappa shape index (κ1) is 8.03. The Morgan fingerprint density at radius 3 is 2.50 bits per heavy atom. The number of hydrogen-bond acceptors (Lipinski definition) is 1. The van der Waals surface area contributed by atoms with E-state index in [0.717, 1.165) is 12.3 Å². The van der Waals surface area contributed by atoms with Gasteiger partial charge in [0.25, 0.3) is 0 Å². The largest absolute Gasteiger partial charge is 0.299 e. The van der Waals surface area contributed by atoms with E-state index >= 15 is 0 Å². The molecule has 2 aliphatic carbocycles. The molecule has 3 atom stereocenters. The van der Waals surface area contributed by atoms with Gasteiger partial charge in [-0.15, -0.1) is 0 Å². The molecule has 0 spiro atoms. The second kappa shape index (κ2) is 2.72. The molecule has 0 aromatic rings. The van der Waals surface area contributed by atoms with Gasteiger partial charge >= 0.3 is 0 Å². The van der Waals surface area contributed by atoms with Crippen molar-refractivity contribution in [3.63, 3.8) is 0 Å². The van der Waals surface area contributed by atoms with Crippen molar-refractivity contribution < 1.29 is 4.79 Å².